The van der Waals surface area contributed by atoms with Gasteiger partial charge in [0.2, 0.25) is 25.9 Å². The largest absolute Gasteiger partial charge is 0.491 e. The second-order valence-electron chi connectivity index (χ2n) is 13.0. The van der Waals surface area contributed by atoms with Crippen LogP contribution in [0.3, 0.4) is 0 Å². The summed E-state index contributed by atoms with van der Waals surface area (Å²) in [5.41, 5.74) is 0.234. The summed E-state index contributed by atoms with van der Waals surface area (Å²) in [5, 5.41) is 24.1. The Kier molecular flexibility index (Phi) is 10.3. The highest BCUT2D eigenvalue weighted by atomic mass is 32.2. The lowest BCUT2D eigenvalue weighted by molar-refractivity contribution is -0.0312. The fourth-order valence-electron chi connectivity index (χ4n) is 6.76. The molecule has 47 heavy (non-hydrogen) atoms. The number of anilines is 1. The molecule has 0 radical (unpaired) electrons. The Morgan fingerprint density at radius 1 is 1.11 bits per heavy atom. The number of sulfonamides is 2. The molecular formula is C31H45N5O9S2. The van der Waals surface area contributed by atoms with Crippen molar-refractivity contribution in [2.75, 3.05) is 57.9 Å². The van der Waals surface area contributed by atoms with E-state index < -0.39 is 43.9 Å². The highest BCUT2D eigenvalue weighted by Crippen LogP contribution is 2.38. The zero-order valence-corrected chi connectivity index (χ0v) is 28.2. The molecule has 16 heteroatoms. The number of aliphatic hydroxyl groups is 2. The Morgan fingerprint density at radius 2 is 1.89 bits per heavy atom. The maximum Gasteiger partial charge on any atom is 0.244 e. The predicted molar refractivity (Wildman–Crippen MR) is 173 cm³/mol. The Hall–Kier alpha value is -2.57. The average molecular weight is 696 g/mol. The maximum atomic E-state index is 13.4. The molecule has 1 aromatic carbocycles. The third kappa shape index (κ3) is 7.85. The van der Waals surface area contributed by atoms with Gasteiger partial charge in [0.25, 0.3) is 0 Å². The van der Waals surface area contributed by atoms with E-state index in [4.69, 9.17) is 14.2 Å². The molecule has 1 unspecified atom stereocenters. The molecule has 260 valence electrons. The van der Waals surface area contributed by atoms with Gasteiger partial charge in [0.15, 0.2) is 0 Å². The smallest absolute Gasteiger partial charge is 0.244 e. The number of nitrogens with one attached hydrogen (secondary N) is 2. The van der Waals surface area contributed by atoms with Crippen molar-refractivity contribution in [1.82, 2.24) is 19.3 Å². The second-order valence-corrected chi connectivity index (χ2v) is 16.6. The van der Waals surface area contributed by atoms with Gasteiger partial charge in [0, 0.05) is 44.8 Å². The predicted octanol–water partition coefficient (Wildman–Crippen LogP) is 0.834. The summed E-state index contributed by atoms with van der Waals surface area (Å²) in [6.07, 6.45) is 4.52. The van der Waals surface area contributed by atoms with E-state index in [1.54, 1.807) is 18.2 Å². The molecule has 1 aromatic heterocycles. The number of aliphatic hydroxyl groups excluding tert-OH is 2. The van der Waals surface area contributed by atoms with E-state index in [2.05, 4.69) is 15.0 Å². The van der Waals surface area contributed by atoms with E-state index in [-0.39, 0.29) is 29.0 Å². The van der Waals surface area contributed by atoms with Crippen molar-refractivity contribution in [3.05, 3.63) is 36.5 Å². The van der Waals surface area contributed by atoms with Crippen LogP contribution in [0.2, 0.25) is 0 Å². The summed E-state index contributed by atoms with van der Waals surface area (Å²) in [7, 11) is -5.69. The number of nitrogens with zero attached hydrogens (tertiary/aromatic N) is 3. The van der Waals surface area contributed by atoms with Gasteiger partial charge in [-0.25, -0.2) is 26.5 Å². The topological polar surface area (TPSA) is 180 Å². The summed E-state index contributed by atoms with van der Waals surface area (Å²) in [4.78, 5) is 6.37. The van der Waals surface area contributed by atoms with Crippen LogP contribution in [0.4, 0.5) is 5.69 Å². The first-order valence-corrected chi connectivity index (χ1v) is 19.2. The number of pyridine rings is 1. The van der Waals surface area contributed by atoms with Crippen LogP contribution in [-0.4, -0.2) is 119 Å². The van der Waals surface area contributed by atoms with Gasteiger partial charge in [-0.3, -0.25) is 0 Å². The lowest BCUT2D eigenvalue weighted by Gasteiger charge is -2.38. The molecule has 3 aliphatic heterocycles. The summed E-state index contributed by atoms with van der Waals surface area (Å²) in [5.74, 6) is 0.752. The van der Waals surface area contributed by atoms with Crippen LogP contribution >= 0.6 is 0 Å². The first-order chi connectivity index (χ1) is 22.4. The molecule has 3 fully saturated rings. The number of hydrogen-bond donors (Lipinski definition) is 4. The van der Waals surface area contributed by atoms with E-state index in [1.165, 1.54) is 22.6 Å². The van der Waals surface area contributed by atoms with Gasteiger partial charge < -0.3 is 34.6 Å². The fourth-order valence-corrected chi connectivity index (χ4v) is 9.50. The molecule has 6 rings (SSSR count). The molecule has 4 heterocycles. The van der Waals surface area contributed by atoms with E-state index in [9.17, 15) is 27.0 Å². The van der Waals surface area contributed by atoms with Gasteiger partial charge in [-0.1, -0.05) is 18.9 Å². The first-order valence-electron chi connectivity index (χ1n) is 16.3. The standard InChI is InChI=1S/C31H45N5O9S2/c1-35-13-14-43-30-28(35)16-26(19-33-30)47(41,42)36-11-9-31(10-12-36)17-22(20-45-31)32-18-23(37)21-44-24-5-4-6-25(15-24)46(39,40)34-27-7-2-3-8-29(27)38/h4-6,15-16,19,22-23,27,29,32,34,37-38H,2-3,7-14,17-18,20-21H2,1H3/t22-,23?,27+,29+/m1/s1. The van der Waals surface area contributed by atoms with Gasteiger partial charge in [-0.2, -0.15) is 4.31 Å². The highest BCUT2D eigenvalue weighted by molar-refractivity contribution is 7.89. The fraction of sp³-hybridized carbons (Fsp3) is 0.645. The minimum Gasteiger partial charge on any atom is -0.491 e. The zero-order chi connectivity index (χ0) is 33.2. The maximum absolute atomic E-state index is 13.4. The van der Waals surface area contributed by atoms with Gasteiger partial charge in [0.1, 0.15) is 35.7 Å². The SMILES string of the molecule is CN1CCOc2ncc(S(=O)(=O)N3CCC4(CC3)C[C@@H](NCC(O)COc3cccc(S(=O)(=O)N[C@H]5CCCC[C@@H]5O)c3)CO4)cc21. The first kappa shape index (κ1) is 34.3. The molecule has 4 aliphatic rings. The van der Waals surface area contributed by atoms with Crippen molar-refractivity contribution in [2.45, 2.75) is 84.6 Å². The third-order valence-corrected chi connectivity index (χ3v) is 13.0. The minimum absolute atomic E-state index is 0.0112. The molecule has 0 bridgehead atoms. The lowest BCUT2D eigenvalue weighted by atomic mass is 9.88. The van der Waals surface area contributed by atoms with E-state index in [1.807, 2.05) is 11.9 Å². The molecule has 2 saturated heterocycles. The minimum atomic E-state index is -3.84. The average Bonchev–Trinajstić information content (AvgIpc) is 3.46. The Labute approximate surface area is 276 Å². The zero-order valence-electron chi connectivity index (χ0n) is 26.6. The molecule has 4 N–H and O–H groups in total. The van der Waals surface area contributed by atoms with Gasteiger partial charge in [0.05, 0.1) is 35.9 Å². The van der Waals surface area contributed by atoms with Crippen molar-refractivity contribution in [3.63, 3.8) is 0 Å². The van der Waals surface area contributed by atoms with E-state index in [0.717, 1.165) is 12.8 Å². The van der Waals surface area contributed by atoms with Crippen LogP contribution < -0.4 is 24.4 Å². The third-order valence-electron chi connectivity index (χ3n) is 9.60. The highest BCUT2D eigenvalue weighted by Gasteiger charge is 2.45. The summed E-state index contributed by atoms with van der Waals surface area (Å²) in [6, 6.07) is 7.19. The number of fused-ring (bicyclic) bond motifs is 1. The molecule has 0 amide bonds. The number of aromatic nitrogens is 1. The molecule has 14 nitrogen and oxygen atoms in total. The number of hydrogen-bond acceptors (Lipinski definition) is 12. The van der Waals surface area contributed by atoms with Crippen molar-refractivity contribution in [2.24, 2.45) is 0 Å². The summed E-state index contributed by atoms with van der Waals surface area (Å²) in [6.45, 7) is 2.48. The monoisotopic (exact) mass is 695 g/mol. The van der Waals surface area contributed by atoms with Crippen molar-refractivity contribution in [1.29, 1.82) is 0 Å². The molecule has 1 aliphatic carbocycles. The van der Waals surface area contributed by atoms with Crippen LogP contribution in [0.5, 0.6) is 11.6 Å². The Balaban J connectivity index is 0.952. The summed E-state index contributed by atoms with van der Waals surface area (Å²) >= 11 is 0. The van der Waals surface area contributed by atoms with Crippen LogP contribution in [0.15, 0.2) is 46.3 Å². The van der Waals surface area contributed by atoms with E-state index >= 15 is 0 Å². The van der Waals surface area contributed by atoms with Gasteiger partial charge in [-0.05, 0) is 50.3 Å². The Bertz CT molecular complexity index is 1620. The van der Waals surface area contributed by atoms with Crippen molar-refractivity contribution < 1.29 is 41.3 Å². The Morgan fingerprint density at radius 3 is 2.68 bits per heavy atom. The molecular weight excluding hydrogens is 651 g/mol. The number of likely N-dealkylation sites (N-methyl/N-ethyl adjacent to an activating group) is 1. The van der Waals surface area contributed by atoms with Crippen molar-refractivity contribution >= 4 is 25.7 Å². The number of benzene rings is 1. The molecule has 1 spiro atoms. The summed E-state index contributed by atoms with van der Waals surface area (Å²) < 4.78 is 74.3. The second kappa shape index (κ2) is 14.1. The quantitative estimate of drug-likeness (QED) is 0.261. The number of ether oxygens (including phenoxy) is 3. The van der Waals surface area contributed by atoms with Crippen molar-refractivity contribution in [3.8, 4) is 11.6 Å². The normalized spacial score (nSPS) is 25.7. The van der Waals surface area contributed by atoms with E-state index in [0.29, 0.717) is 82.3 Å². The number of rotatable bonds is 11. The van der Waals surface area contributed by atoms with Gasteiger partial charge in [-0.15, -0.1) is 0 Å². The molecule has 1 saturated carbocycles. The van der Waals surface area contributed by atoms with Crippen LogP contribution in [0.1, 0.15) is 44.9 Å². The van der Waals surface area contributed by atoms with Crippen LogP contribution in [0, 0.1) is 0 Å². The number of piperidine rings is 1. The molecule has 2 aromatic rings. The van der Waals surface area contributed by atoms with Gasteiger partial charge >= 0.3 is 0 Å². The van der Waals surface area contributed by atoms with Crippen LogP contribution in [-0.2, 0) is 24.8 Å². The lowest BCUT2D eigenvalue weighted by Crippen LogP contribution is -2.47. The van der Waals surface area contributed by atoms with Crippen LogP contribution in [0.25, 0.3) is 0 Å². The molecule has 4 atom stereocenters.